The molecule has 0 saturated carbocycles. The zero-order chi connectivity index (χ0) is 19.6. The maximum atomic E-state index is 12.9. The Morgan fingerprint density at radius 1 is 1.19 bits per heavy atom. The number of nitrogens with one attached hydrogen (secondary N) is 1. The second kappa shape index (κ2) is 7.81. The number of sulfonamides is 1. The first kappa shape index (κ1) is 19.6. The predicted octanol–water partition coefficient (Wildman–Crippen LogP) is 1.51. The number of imidazole rings is 1. The smallest absolute Gasteiger partial charge is 0.262 e. The van der Waals surface area contributed by atoms with Crippen molar-refractivity contribution in [2.45, 2.75) is 38.8 Å². The lowest BCUT2D eigenvalue weighted by Gasteiger charge is -2.33. The van der Waals surface area contributed by atoms with Crippen molar-refractivity contribution in [1.29, 1.82) is 0 Å². The third-order valence-corrected chi connectivity index (χ3v) is 6.28. The molecule has 2 aromatic heterocycles. The van der Waals surface area contributed by atoms with Gasteiger partial charge in [-0.25, -0.2) is 18.4 Å². The number of piperazine rings is 1. The Labute approximate surface area is 160 Å². The summed E-state index contributed by atoms with van der Waals surface area (Å²) in [4.78, 5) is 15.1. The quantitative estimate of drug-likeness (QED) is 0.794. The molecular weight excluding hydrogens is 366 g/mol. The average molecular weight is 394 g/mol. The Morgan fingerprint density at radius 2 is 1.89 bits per heavy atom. The number of aromatic nitrogens is 4. The van der Waals surface area contributed by atoms with E-state index in [0.29, 0.717) is 32.1 Å². The Hall–Kier alpha value is -2.20. The van der Waals surface area contributed by atoms with Crippen molar-refractivity contribution in [3.63, 3.8) is 0 Å². The molecule has 0 aliphatic carbocycles. The maximum Gasteiger partial charge on any atom is 0.262 e. The second-order valence-corrected chi connectivity index (χ2v) is 8.75. The summed E-state index contributed by atoms with van der Waals surface area (Å²) >= 11 is 0. The lowest BCUT2D eigenvalue weighted by Crippen LogP contribution is -2.49. The molecular formula is C17H27N7O2S. The molecule has 0 bridgehead atoms. The fraction of sp³-hybridized carbons (Fsp3) is 0.588. The number of rotatable bonds is 6. The van der Waals surface area contributed by atoms with Crippen LogP contribution in [0.2, 0.25) is 0 Å². The van der Waals surface area contributed by atoms with E-state index < -0.39 is 10.0 Å². The molecule has 0 aromatic carbocycles. The van der Waals surface area contributed by atoms with Gasteiger partial charge in [0.2, 0.25) is 5.95 Å². The molecule has 1 fully saturated rings. The molecule has 1 saturated heterocycles. The van der Waals surface area contributed by atoms with Gasteiger partial charge in [-0.2, -0.15) is 9.29 Å². The lowest BCUT2D eigenvalue weighted by molar-refractivity contribution is 0.381. The SMILES string of the molecule is CCNc1cc(C)nc(N2CCN(S(=O)(=O)c3cn(C(C)C)cn3)CC2)n1. The molecule has 0 atom stereocenters. The van der Waals surface area contributed by atoms with Gasteiger partial charge in [0.15, 0.2) is 5.03 Å². The van der Waals surface area contributed by atoms with E-state index in [-0.39, 0.29) is 11.1 Å². The molecule has 1 N–H and O–H groups in total. The number of nitrogens with zero attached hydrogens (tertiary/aromatic N) is 6. The minimum absolute atomic E-state index is 0.103. The van der Waals surface area contributed by atoms with Crippen LogP contribution in [-0.2, 0) is 10.0 Å². The molecule has 27 heavy (non-hydrogen) atoms. The number of hydrogen-bond acceptors (Lipinski definition) is 7. The third kappa shape index (κ3) is 4.22. The zero-order valence-electron chi connectivity index (χ0n) is 16.3. The van der Waals surface area contributed by atoms with Gasteiger partial charge in [0.05, 0.1) is 6.33 Å². The summed E-state index contributed by atoms with van der Waals surface area (Å²) in [5.41, 5.74) is 0.880. The molecule has 10 heteroatoms. The Kier molecular flexibility index (Phi) is 5.66. The fourth-order valence-electron chi connectivity index (χ4n) is 2.96. The van der Waals surface area contributed by atoms with Crippen LogP contribution in [0.15, 0.2) is 23.6 Å². The summed E-state index contributed by atoms with van der Waals surface area (Å²) in [5.74, 6) is 1.42. The van der Waals surface area contributed by atoms with Gasteiger partial charge in [-0.05, 0) is 27.7 Å². The Bertz CT molecular complexity index is 886. The highest BCUT2D eigenvalue weighted by Gasteiger charge is 2.31. The van der Waals surface area contributed by atoms with E-state index in [1.165, 1.54) is 4.31 Å². The largest absolute Gasteiger partial charge is 0.370 e. The van der Waals surface area contributed by atoms with E-state index in [4.69, 9.17) is 0 Å². The van der Waals surface area contributed by atoms with Gasteiger partial charge in [0.25, 0.3) is 10.0 Å². The van der Waals surface area contributed by atoms with Crippen LogP contribution in [-0.4, -0.2) is 65.0 Å². The fourth-order valence-corrected chi connectivity index (χ4v) is 4.30. The monoisotopic (exact) mass is 393 g/mol. The molecule has 0 amide bonds. The first-order chi connectivity index (χ1) is 12.8. The van der Waals surface area contributed by atoms with Gasteiger partial charge < -0.3 is 14.8 Å². The van der Waals surface area contributed by atoms with Crippen LogP contribution in [0.25, 0.3) is 0 Å². The molecule has 3 rings (SSSR count). The molecule has 1 aliphatic rings. The summed E-state index contributed by atoms with van der Waals surface area (Å²) in [6, 6.07) is 2.07. The minimum atomic E-state index is -3.58. The van der Waals surface area contributed by atoms with Crippen LogP contribution >= 0.6 is 0 Å². The normalized spacial score (nSPS) is 16.1. The highest BCUT2D eigenvalue weighted by atomic mass is 32.2. The van der Waals surface area contributed by atoms with E-state index in [2.05, 4.69) is 20.3 Å². The Balaban J connectivity index is 1.71. The molecule has 0 spiro atoms. The van der Waals surface area contributed by atoms with Crippen molar-refractivity contribution in [1.82, 2.24) is 23.8 Å². The van der Waals surface area contributed by atoms with E-state index in [0.717, 1.165) is 18.1 Å². The van der Waals surface area contributed by atoms with Gasteiger partial charge in [-0.1, -0.05) is 0 Å². The minimum Gasteiger partial charge on any atom is -0.370 e. The summed E-state index contributed by atoms with van der Waals surface area (Å²) in [7, 11) is -3.58. The van der Waals surface area contributed by atoms with Crippen molar-refractivity contribution < 1.29 is 8.42 Å². The predicted molar refractivity (Wildman–Crippen MR) is 105 cm³/mol. The Morgan fingerprint density at radius 3 is 2.48 bits per heavy atom. The van der Waals surface area contributed by atoms with Crippen molar-refractivity contribution in [2.75, 3.05) is 42.9 Å². The summed E-state index contributed by atoms with van der Waals surface area (Å²) in [6.45, 7) is 10.5. The van der Waals surface area contributed by atoms with Crippen LogP contribution in [0.4, 0.5) is 11.8 Å². The topological polar surface area (TPSA) is 96.2 Å². The molecule has 0 radical (unpaired) electrons. The number of hydrogen-bond donors (Lipinski definition) is 1. The van der Waals surface area contributed by atoms with Crippen LogP contribution in [0.5, 0.6) is 0 Å². The molecule has 3 heterocycles. The molecule has 9 nitrogen and oxygen atoms in total. The summed E-state index contributed by atoms with van der Waals surface area (Å²) < 4.78 is 29.0. The standard InChI is InChI=1S/C17H27N7O2S/c1-5-18-15-10-14(4)20-17(21-15)22-6-8-24(9-7-22)27(25,26)16-11-23(12-19-16)13(2)3/h10-13H,5-9H2,1-4H3,(H,18,20,21). The van der Waals surface area contributed by atoms with Crippen molar-refractivity contribution >= 4 is 21.8 Å². The molecule has 148 valence electrons. The maximum absolute atomic E-state index is 12.9. The van der Waals surface area contributed by atoms with Crippen molar-refractivity contribution in [2.24, 2.45) is 0 Å². The van der Waals surface area contributed by atoms with E-state index in [1.807, 2.05) is 38.7 Å². The van der Waals surface area contributed by atoms with Crippen LogP contribution < -0.4 is 10.2 Å². The van der Waals surface area contributed by atoms with Gasteiger partial charge in [-0.15, -0.1) is 0 Å². The summed E-state index contributed by atoms with van der Waals surface area (Å²) in [5, 5.41) is 3.30. The number of aryl methyl sites for hydroxylation is 1. The molecule has 1 aliphatic heterocycles. The van der Waals surface area contributed by atoms with Crippen LogP contribution in [0.1, 0.15) is 32.5 Å². The van der Waals surface area contributed by atoms with Gasteiger partial charge >= 0.3 is 0 Å². The average Bonchev–Trinajstić information content (AvgIpc) is 3.13. The van der Waals surface area contributed by atoms with Gasteiger partial charge in [0, 0.05) is 56.7 Å². The number of anilines is 2. The van der Waals surface area contributed by atoms with Crippen molar-refractivity contribution in [3.05, 3.63) is 24.3 Å². The van der Waals surface area contributed by atoms with E-state index in [1.54, 1.807) is 17.1 Å². The van der Waals surface area contributed by atoms with E-state index in [9.17, 15) is 8.42 Å². The second-order valence-electron chi connectivity index (χ2n) is 6.87. The first-order valence-corrected chi connectivity index (χ1v) is 10.6. The van der Waals surface area contributed by atoms with Gasteiger partial charge in [-0.3, -0.25) is 0 Å². The first-order valence-electron chi connectivity index (χ1n) is 9.19. The molecule has 0 unspecified atom stereocenters. The third-order valence-electron chi connectivity index (χ3n) is 4.50. The highest BCUT2D eigenvalue weighted by Crippen LogP contribution is 2.20. The highest BCUT2D eigenvalue weighted by molar-refractivity contribution is 7.89. The van der Waals surface area contributed by atoms with Crippen LogP contribution in [0, 0.1) is 6.92 Å². The summed E-state index contributed by atoms with van der Waals surface area (Å²) in [6.07, 6.45) is 3.16. The zero-order valence-corrected chi connectivity index (χ0v) is 17.1. The van der Waals surface area contributed by atoms with Crippen LogP contribution in [0.3, 0.4) is 0 Å². The lowest BCUT2D eigenvalue weighted by atomic mass is 10.3. The van der Waals surface area contributed by atoms with Gasteiger partial charge in [0.1, 0.15) is 5.82 Å². The van der Waals surface area contributed by atoms with E-state index >= 15 is 0 Å². The molecule has 2 aromatic rings. The van der Waals surface area contributed by atoms with Crippen molar-refractivity contribution in [3.8, 4) is 0 Å².